The molecule has 3 rings (SSSR count). The SMILES string of the molecule is Cc1cc(C[C@@H]2COC[C@@H]2NC(=O)Cc2cccnc2)on1. The van der Waals surface area contributed by atoms with E-state index >= 15 is 0 Å². The highest BCUT2D eigenvalue weighted by Gasteiger charge is 2.30. The van der Waals surface area contributed by atoms with E-state index in [0.717, 1.165) is 23.4 Å². The van der Waals surface area contributed by atoms with Gasteiger partial charge < -0.3 is 14.6 Å². The Balaban J connectivity index is 1.55. The van der Waals surface area contributed by atoms with Crippen molar-refractivity contribution in [3.05, 3.63) is 47.6 Å². The molecule has 3 heterocycles. The van der Waals surface area contributed by atoms with Gasteiger partial charge in [-0.3, -0.25) is 9.78 Å². The molecule has 0 saturated carbocycles. The van der Waals surface area contributed by atoms with Crippen LogP contribution in [0.15, 0.2) is 35.1 Å². The van der Waals surface area contributed by atoms with Crippen molar-refractivity contribution >= 4 is 5.91 Å². The molecule has 116 valence electrons. The minimum absolute atomic E-state index is 0.00887. The van der Waals surface area contributed by atoms with Crippen molar-refractivity contribution < 1.29 is 14.1 Å². The third kappa shape index (κ3) is 3.71. The zero-order chi connectivity index (χ0) is 15.4. The van der Waals surface area contributed by atoms with Crippen molar-refractivity contribution in [3.63, 3.8) is 0 Å². The lowest BCUT2D eigenvalue weighted by atomic mass is 9.98. The molecule has 1 aliphatic heterocycles. The molecular weight excluding hydrogens is 282 g/mol. The molecule has 0 aliphatic carbocycles. The average Bonchev–Trinajstić information content (AvgIpc) is 3.10. The number of aromatic nitrogens is 2. The van der Waals surface area contributed by atoms with Gasteiger partial charge >= 0.3 is 0 Å². The Labute approximate surface area is 128 Å². The molecule has 0 radical (unpaired) electrons. The van der Waals surface area contributed by atoms with Crippen molar-refractivity contribution in [2.24, 2.45) is 5.92 Å². The van der Waals surface area contributed by atoms with Crippen LogP contribution in [0.2, 0.25) is 0 Å². The van der Waals surface area contributed by atoms with Crippen LogP contribution in [0.4, 0.5) is 0 Å². The summed E-state index contributed by atoms with van der Waals surface area (Å²) in [6.07, 6.45) is 4.46. The fourth-order valence-corrected chi connectivity index (χ4v) is 2.68. The Morgan fingerprint density at radius 3 is 3.09 bits per heavy atom. The lowest BCUT2D eigenvalue weighted by Crippen LogP contribution is -2.41. The zero-order valence-electron chi connectivity index (χ0n) is 12.5. The van der Waals surface area contributed by atoms with Crippen molar-refractivity contribution in [3.8, 4) is 0 Å². The van der Waals surface area contributed by atoms with E-state index in [2.05, 4.69) is 15.5 Å². The van der Waals surface area contributed by atoms with E-state index in [-0.39, 0.29) is 17.9 Å². The van der Waals surface area contributed by atoms with Gasteiger partial charge in [-0.2, -0.15) is 0 Å². The average molecular weight is 301 g/mol. The van der Waals surface area contributed by atoms with Gasteiger partial charge in [-0.05, 0) is 18.6 Å². The summed E-state index contributed by atoms with van der Waals surface area (Å²) in [6, 6.07) is 5.66. The van der Waals surface area contributed by atoms with Gasteiger partial charge in [0.05, 0.1) is 31.4 Å². The van der Waals surface area contributed by atoms with E-state index in [1.807, 2.05) is 25.1 Å². The number of amides is 1. The van der Waals surface area contributed by atoms with Crippen LogP contribution >= 0.6 is 0 Å². The first kappa shape index (κ1) is 14.7. The molecule has 22 heavy (non-hydrogen) atoms. The van der Waals surface area contributed by atoms with Gasteiger partial charge in [-0.1, -0.05) is 11.2 Å². The van der Waals surface area contributed by atoms with Crippen LogP contribution in [-0.2, 0) is 22.4 Å². The van der Waals surface area contributed by atoms with Crippen molar-refractivity contribution in [1.29, 1.82) is 0 Å². The lowest BCUT2D eigenvalue weighted by molar-refractivity contribution is -0.121. The molecule has 0 unspecified atom stereocenters. The molecule has 1 saturated heterocycles. The van der Waals surface area contributed by atoms with Gasteiger partial charge in [0.15, 0.2) is 0 Å². The molecule has 1 N–H and O–H groups in total. The summed E-state index contributed by atoms with van der Waals surface area (Å²) in [5.74, 6) is 1.03. The predicted molar refractivity (Wildman–Crippen MR) is 79.1 cm³/mol. The molecule has 2 aromatic heterocycles. The number of carbonyl (C=O) groups excluding carboxylic acids is 1. The summed E-state index contributed by atoms with van der Waals surface area (Å²) in [5.41, 5.74) is 1.77. The zero-order valence-corrected chi connectivity index (χ0v) is 12.5. The molecule has 0 spiro atoms. The van der Waals surface area contributed by atoms with Crippen LogP contribution in [0.3, 0.4) is 0 Å². The molecule has 1 amide bonds. The molecule has 1 aliphatic rings. The minimum atomic E-state index is -0.0118. The quantitative estimate of drug-likeness (QED) is 0.900. The maximum atomic E-state index is 12.1. The highest BCUT2D eigenvalue weighted by atomic mass is 16.5. The normalized spacial score (nSPS) is 21.0. The molecular formula is C16H19N3O3. The Bertz CT molecular complexity index is 627. The predicted octanol–water partition coefficient (Wildman–Crippen LogP) is 1.29. The maximum Gasteiger partial charge on any atom is 0.224 e. The smallest absolute Gasteiger partial charge is 0.224 e. The largest absolute Gasteiger partial charge is 0.379 e. The third-order valence-electron chi connectivity index (χ3n) is 3.77. The molecule has 1 fully saturated rings. The van der Waals surface area contributed by atoms with Crippen molar-refractivity contribution in [2.45, 2.75) is 25.8 Å². The third-order valence-corrected chi connectivity index (χ3v) is 3.77. The first-order valence-electron chi connectivity index (χ1n) is 7.39. The maximum absolute atomic E-state index is 12.1. The van der Waals surface area contributed by atoms with Gasteiger partial charge in [-0.25, -0.2) is 0 Å². The molecule has 6 nitrogen and oxygen atoms in total. The second-order valence-electron chi connectivity index (χ2n) is 5.65. The highest BCUT2D eigenvalue weighted by molar-refractivity contribution is 5.78. The van der Waals surface area contributed by atoms with Gasteiger partial charge in [0.2, 0.25) is 5.91 Å². The van der Waals surface area contributed by atoms with E-state index in [9.17, 15) is 4.79 Å². The van der Waals surface area contributed by atoms with E-state index < -0.39 is 0 Å². The first-order valence-corrected chi connectivity index (χ1v) is 7.39. The Kier molecular flexibility index (Phi) is 4.48. The molecule has 6 heteroatoms. The number of nitrogens with zero attached hydrogens (tertiary/aromatic N) is 2. The standard InChI is InChI=1S/C16H19N3O3/c1-11-5-14(22-19-11)7-13-9-21-10-15(13)18-16(20)6-12-3-2-4-17-8-12/h2-5,8,13,15H,6-7,9-10H2,1H3,(H,18,20)/t13-,15+/m1/s1. The molecule has 0 aromatic carbocycles. The summed E-state index contributed by atoms with van der Waals surface area (Å²) < 4.78 is 10.8. The fourth-order valence-electron chi connectivity index (χ4n) is 2.68. The van der Waals surface area contributed by atoms with E-state index in [0.29, 0.717) is 19.6 Å². The number of hydrogen-bond acceptors (Lipinski definition) is 5. The number of rotatable bonds is 5. The molecule has 0 bridgehead atoms. The fraction of sp³-hybridized carbons (Fsp3) is 0.438. The second-order valence-corrected chi connectivity index (χ2v) is 5.65. The Morgan fingerprint density at radius 2 is 2.36 bits per heavy atom. The Morgan fingerprint density at radius 1 is 1.45 bits per heavy atom. The number of hydrogen-bond donors (Lipinski definition) is 1. The minimum Gasteiger partial charge on any atom is -0.379 e. The number of ether oxygens (including phenoxy) is 1. The van der Waals surface area contributed by atoms with Crippen LogP contribution in [-0.4, -0.2) is 35.3 Å². The van der Waals surface area contributed by atoms with Crippen LogP contribution in [0.5, 0.6) is 0 Å². The van der Waals surface area contributed by atoms with E-state index in [1.165, 1.54) is 0 Å². The van der Waals surface area contributed by atoms with Crippen LogP contribution in [0.1, 0.15) is 17.0 Å². The topological polar surface area (TPSA) is 77.2 Å². The summed E-state index contributed by atoms with van der Waals surface area (Å²) in [6.45, 7) is 3.06. The summed E-state index contributed by atoms with van der Waals surface area (Å²) in [4.78, 5) is 16.2. The number of aryl methyl sites for hydroxylation is 1. The number of nitrogens with one attached hydrogen (secondary N) is 1. The van der Waals surface area contributed by atoms with Gasteiger partial charge in [-0.15, -0.1) is 0 Å². The summed E-state index contributed by atoms with van der Waals surface area (Å²) in [7, 11) is 0. The summed E-state index contributed by atoms with van der Waals surface area (Å²) in [5, 5.41) is 6.94. The Hall–Kier alpha value is -2.21. The van der Waals surface area contributed by atoms with Gasteiger partial charge in [0, 0.05) is 30.8 Å². The summed E-state index contributed by atoms with van der Waals surface area (Å²) >= 11 is 0. The number of carbonyl (C=O) groups is 1. The first-order chi connectivity index (χ1) is 10.7. The number of pyridine rings is 1. The van der Waals surface area contributed by atoms with Gasteiger partial charge in [0.25, 0.3) is 0 Å². The van der Waals surface area contributed by atoms with Crippen LogP contribution < -0.4 is 5.32 Å². The second kappa shape index (κ2) is 6.70. The highest BCUT2D eigenvalue weighted by Crippen LogP contribution is 2.20. The van der Waals surface area contributed by atoms with Crippen molar-refractivity contribution in [2.75, 3.05) is 13.2 Å². The molecule has 2 atom stereocenters. The van der Waals surface area contributed by atoms with E-state index in [4.69, 9.17) is 9.26 Å². The van der Waals surface area contributed by atoms with Gasteiger partial charge in [0.1, 0.15) is 5.76 Å². The van der Waals surface area contributed by atoms with E-state index in [1.54, 1.807) is 12.4 Å². The molecule has 2 aromatic rings. The van der Waals surface area contributed by atoms with Crippen LogP contribution in [0.25, 0.3) is 0 Å². The van der Waals surface area contributed by atoms with Crippen LogP contribution in [0, 0.1) is 12.8 Å². The van der Waals surface area contributed by atoms with Crippen molar-refractivity contribution in [1.82, 2.24) is 15.5 Å². The lowest BCUT2D eigenvalue weighted by Gasteiger charge is -2.18. The monoisotopic (exact) mass is 301 g/mol.